The minimum Gasteiger partial charge on any atom is -0.489 e. The third kappa shape index (κ3) is 6.45. The van der Waals surface area contributed by atoms with E-state index in [4.69, 9.17) is 27.9 Å². The standard InChI is InChI=1S/C21H24Cl2F3N3O4S/c1-11-14(22)3-4-15(16(11)23)33-13-5-7-29(8-6-13)10-12(30)9-28(2)19(31)17-18(21(24,25)26)27-20(32)34-17/h3-4,12-13,30H,5-10H2,1-2H3,(H,27,32)/t12-/m1/s1. The largest absolute Gasteiger partial charge is 0.489 e. The molecule has 1 atom stereocenters. The first-order valence-corrected chi connectivity index (χ1v) is 12.0. The predicted molar refractivity (Wildman–Crippen MR) is 124 cm³/mol. The molecule has 1 amide bonds. The molecule has 2 aromatic rings. The Balaban J connectivity index is 1.50. The Hall–Kier alpha value is -1.79. The monoisotopic (exact) mass is 541 g/mol. The van der Waals surface area contributed by atoms with Gasteiger partial charge in [-0.05, 0) is 37.5 Å². The number of benzene rings is 1. The Morgan fingerprint density at radius 1 is 1.35 bits per heavy atom. The molecule has 188 valence electrons. The molecule has 3 rings (SSSR count). The summed E-state index contributed by atoms with van der Waals surface area (Å²) in [5, 5.41) is 11.4. The van der Waals surface area contributed by atoms with E-state index in [1.807, 2.05) is 11.8 Å². The highest BCUT2D eigenvalue weighted by molar-refractivity contribution is 7.11. The van der Waals surface area contributed by atoms with Gasteiger partial charge in [0.1, 0.15) is 22.4 Å². The number of β-amino-alcohol motifs (C(OH)–C–C–N with tert-alkyl or cyclic N) is 1. The Kier molecular flexibility index (Phi) is 8.56. The Morgan fingerprint density at radius 3 is 2.62 bits per heavy atom. The van der Waals surface area contributed by atoms with Gasteiger partial charge in [-0.15, -0.1) is 0 Å². The molecule has 0 saturated carbocycles. The molecule has 1 aromatic carbocycles. The highest BCUT2D eigenvalue weighted by Crippen LogP contribution is 2.34. The van der Waals surface area contributed by atoms with E-state index in [9.17, 15) is 27.9 Å². The molecule has 1 fully saturated rings. The molecule has 1 aromatic heterocycles. The summed E-state index contributed by atoms with van der Waals surface area (Å²) in [4.78, 5) is 26.8. The van der Waals surface area contributed by atoms with E-state index in [1.54, 1.807) is 17.1 Å². The highest BCUT2D eigenvalue weighted by atomic mass is 35.5. The number of amides is 1. The number of aliphatic hydroxyl groups excluding tert-OH is 1. The van der Waals surface area contributed by atoms with Gasteiger partial charge in [0.15, 0.2) is 0 Å². The normalized spacial score (nSPS) is 16.5. The Morgan fingerprint density at radius 2 is 2.00 bits per heavy atom. The van der Waals surface area contributed by atoms with Gasteiger partial charge >= 0.3 is 11.0 Å². The number of piperidine rings is 1. The number of hydrogen-bond donors (Lipinski definition) is 2. The molecule has 34 heavy (non-hydrogen) atoms. The van der Waals surface area contributed by atoms with Crippen LogP contribution in [0.5, 0.6) is 5.75 Å². The van der Waals surface area contributed by atoms with Crippen molar-refractivity contribution in [3.05, 3.63) is 48.0 Å². The van der Waals surface area contributed by atoms with Crippen molar-refractivity contribution >= 4 is 40.4 Å². The number of ether oxygens (including phenoxy) is 1. The van der Waals surface area contributed by atoms with Gasteiger partial charge in [-0.25, -0.2) is 0 Å². The minimum absolute atomic E-state index is 0.0622. The number of carbonyl (C=O) groups is 1. The summed E-state index contributed by atoms with van der Waals surface area (Å²) in [7, 11) is 1.29. The smallest absolute Gasteiger partial charge is 0.432 e. The number of likely N-dealkylation sites (N-methyl/N-ethyl adjacent to an activating group) is 1. The van der Waals surface area contributed by atoms with Gasteiger partial charge in [0.2, 0.25) is 0 Å². The van der Waals surface area contributed by atoms with E-state index < -0.39 is 33.6 Å². The fourth-order valence-corrected chi connectivity index (χ4v) is 4.99. The molecular weight excluding hydrogens is 518 g/mol. The van der Waals surface area contributed by atoms with Crippen LogP contribution >= 0.6 is 34.5 Å². The van der Waals surface area contributed by atoms with Gasteiger partial charge in [0, 0.05) is 38.2 Å². The van der Waals surface area contributed by atoms with Gasteiger partial charge in [0.05, 0.1) is 11.1 Å². The third-order valence-electron chi connectivity index (χ3n) is 5.54. The first kappa shape index (κ1) is 26.8. The van der Waals surface area contributed by atoms with E-state index in [0.717, 1.165) is 10.5 Å². The predicted octanol–water partition coefficient (Wildman–Crippen LogP) is 4.05. The second kappa shape index (κ2) is 10.9. The SMILES string of the molecule is Cc1c(Cl)ccc(OC2CCN(C[C@H](O)CN(C)C(=O)c3sc(=O)[nH]c3C(F)(F)F)CC2)c1Cl. The molecule has 13 heteroatoms. The van der Waals surface area contributed by atoms with Crippen LogP contribution in [0.4, 0.5) is 13.2 Å². The van der Waals surface area contributed by atoms with E-state index in [0.29, 0.717) is 41.7 Å². The maximum Gasteiger partial charge on any atom is 0.432 e. The van der Waals surface area contributed by atoms with Crippen molar-refractivity contribution < 1.29 is 27.8 Å². The molecule has 1 aliphatic rings. The lowest BCUT2D eigenvalue weighted by Gasteiger charge is -2.34. The summed E-state index contributed by atoms with van der Waals surface area (Å²) in [5.74, 6) is -0.413. The lowest BCUT2D eigenvalue weighted by Crippen LogP contribution is -2.45. The number of alkyl halides is 3. The number of halogens is 5. The Labute approximate surface area is 208 Å². The van der Waals surface area contributed by atoms with Crippen LogP contribution in [0.3, 0.4) is 0 Å². The quantitative estimate of drug-likeness (QED) is 0.552. The van der Waals surface area contributed by atoms with Crippen LogP contribution in [0.1, 0.15) is 33.8 Å². The van der Waals surface area contributed by atoms with Crippen molar-refractivity contribution in [2.45, 2.75) is 38.1 Å². The van der Waals surface area contributed by atoms with Crippen LogP contribution in [-0.4, -0.2) is 71.2 Å². The number of nitrogens with zero attached hydrogens (tertiary/aromatic N) is 2. The number of aliphatic hydroxyl groups is 1. The summed E-state index contributed by atoms with van der Waals surface area (Å²) in [6.07, 6.45) is -4.53. The number of carbonyl (C=O) groups excluding carboxylic acids is 1. The zero-order valence-electron chi connectivity index (χ0n) is 18.4. The van der Waals surface area contributed by atoms with Gasteiger partial charge < -0.3 is 24.6 Å². The second-order valence-electron chi connectivity index (χ2n) is 8.16. The van der Waals surface area contributed by atoms with E-state index >= 15 is 0 Å². The fourth-order valence-electron chi connectivity index (χ4n) is 3.72. The summed E-state index contributed by atoms with van der Waals surface area (Å²) in [5.41, 5.74) is -0.624. The van der Waals surface area contributed by atoms with Crippen LogP contribution < -0.4 is 9.61 Å². The maximum atomic E-state index is 13.1. The topological polar surface area (TPSA) is 85.9 Å². The number of rotatable bonds is 7. The molecule has 0 radical (unpaired) electrons. The molecule has 0 unspecified atom stereocenters. The molecule has 0 spiro atoms. The number of nitrogens with one attached hydrogen (secondary N) is 1. The maximum absolute atomic E-state index is 13.1. The minimum atomic E-state index is -4.86. The van der Waals surface area contributed by atoms with Crippen molar-refractivity contribution in [3.8, 4) is 5.75 Å². The number of H-pyrrole nitrogens is 1. The summed E-state index contributed by atoms with van der Waals surface area (Å²) in [6.45, 7) is 3.12. The first-order valence-electron chi connectivity index (χ1n) is 10.4. The third-order valence-corrected chi connectivity index (χ3v) is 7.29. The van der Waals surface area contributed by atoms with Crippen LogP contribution in [-0.2, 0) is 6.18 Å². The summed E-state index contributed by atoms with van der Waals surface area (Å²) >= 11 is 12.6. The lowest BCUT2D eigenvalue weighted by molar-refractivity contribution is -0.141. The van der Waals surface area contributed by atoms with Gasteiger partial charge in [-0.1, -0.05) is 34.5 Å². The van der Waals surface area contributed by atoms with Gasteiger partial charge in [-0.3, -0.25) is 9.59 Å². The van der Waals surface area contributed by atoms with Crippen molar-refractivity contribution in [2.24, 2.45) is 0 Å². The van der Waals surface area contributed by atoms with Crippen LogP contribution in [0.25, 0.3) is 0 Å². The number of aromatic nitrogens is 1. The Bertz CT molecular complexity index is 1080. The summed E-state index contributed by atoms with van der Waals surface area (Å²) in [6, 6.07) is 3.46. The second-order valence-corrected chi connectivity index (χ2v) is 9.93. The van der Waals surface area contributed by atoms with Crippen LogP contribution in [0.15, 0.2) is 16.9 Å². The molecule has 7 nitrogen and oxygen atoms in total. The van der Waals surface area contributed by atoms with Crippen molar-refractivity contribution in [3.63, 3.8) is 0 Å². The zero-order valence-corrected chi connectivity index (χ0v) is 20.7. The van der Waals surface area contributed by atoms with Gasteiger partial charge in [0.25, 0.3) is 5.91 Å². The van der Waals surface area contributed by atoms with Gasteiger partial charge in [-0.2, -0.15) is 13.2 Å². The summed E-state index contributed by atoms with van der Waals surface area (Å²) < 4.78 is 45.2. The number of hydrogen-bond acceptors (Lipinski definition) is 6. The number of likely N-dealkylation sites (tertiary alicyclic amines) is 1. The lowest BCUT2D eigenvalue weighted by atomic mass is 10.1. The van der Waals surface area contributed by atoms with E-state index in [2.05, 4.69) is 0 Å². The zero-order chi connectivity index (χ0) is 25.2. The molecule has 0 bridgehead atoms. The average Bonchev–Trinajstić information content (AvgIpc) is 3.17. The molecule has 1 saturated heterocycles. The number of aromatic amines is 1. The molecule has 2 N–H and O–H groups in total. The number of thiazole rings is 1. The van der Waals surface area contributed by atoms with E-state index in [1.165, 1.54) is 7.05 Å². The fraction of sp³-hybridized carbons (Fsp3) is 0.524. The van der Waals surface area contributed by atoms with Crippen LogP contribution in [0.2, 0.25) is 10.0 Å². The van der Waals surface area contributed by atoms with Crippen molar-refractivity contribution in [1.82, 2.24) is 14.8 Å². The molecule has 0 aliphatic carbocycles. The van der Waals surface area contributed by atoms with Crippen molar-refractivity contribution in [1.29, 1.82) is 0 Å². The molecule has 1 aliphatic heterocycles. The average molecular weight is 542 g/mol. The van der Waals surface area contributed by atoms with E-state index in [-0.39, 0.29) is 30.5 Å². The highest BCUT2D eigenvalue weighted by Gasteiger charge is 2.39. The van der Waals surface area contributed by atoms with Crippen LogP contribution in [0, 0.1) is 6.92 Å². The molecular formula is C21H24Cl2F3N3O4S. The first-order chi connectivity index (χ1) is 15.9. The molecule has 2 heterocycles. The van der Waals surface area contributed by atoms with Crippen molar-refractivity contribution in [2.75, 3.05) is 33.2 Å².